The Morgan fingerprint density at radius 1 is 1.00 bits per heavy atom. The summed E-state index contributed by atoms with van der Waals surface area (Å²) in [5.74, 6) is 0.819. The zero-order valence-electron chi connectivity index (χ0n) is 17.1. The van der Waals surface area contributed by atoms with Crippen molar-refractivity contribution in [1.82, 2.24) is 10.6 Å². The van der Waals surface area contributed by atoms with Crippen LogP contribution in [-0.2, 0) is 29.0 Å². The minimum Gasteiger partial charge on any atom is -0.381 e. The lowest BCUT2D eigenvalue weighted by atomic mass is 10.1. The minimum atomic E-state index is 0. The highest BCUT2D eigenvalue weighted by atomic mass is 127. The van der Waals surface area contributed by atoms with Crippen LogP contribution in [0.5, 0.6) is 0 Å². The first-order chi connectivity index (χ1) is 13.8. The first kappa shape index (κ1) is 23.6. The third-order valence-corrected chi connectivity index (χ3v) is 4.88. The van der Waals surface area contributed by atoms with Crippen molar-refractivity contribution in [3.8, 4) is 0 Å². The number of guanidine groups is 1. The number of benzene rings is 2. The van der Waals surface area contributed by atoms with E-state index in [1.165, 1.54) is 16.7 Å². The van der Waals surface area contributed by atoms with Crippen LogP contribution in [0, 0.1) is 0 Å². The number of halogens is 1. The maximum Gasteiger partial charge on any atom is 0.191 e. The second-order valence-corrected chi connectivity index (χ2v) is 7.03. The fourth-order valence-corrected chi connectivity index (χ4v) is 3.26. The monoisotopic (exact) mass is 509 g/mol. The van der Waals surface area contributed by atoms with E-state index in [1.807, 2.05) is 6.07 Å². The van der Waals surface area contributed by atoms with Gasteiger partial charge in [-0.05, 0) is 36.0 Å². The molecule has 5 nitrogen and oxygen atoms in total. The summed E-state index contributed by atoms with van der Waals surface area (Å²) in [5.41, 5.74) is 3.75. The van der Waals surface area contributed by atoms with Gasteiger partial charge in [0.1, 0.15) is 0 Å². The lowest BCUT2D eigenvalue weighted by Gasteiger charge is -2.22. The van der Waals surface area contributed by atoms with E-state index in [9.17, 15) is 0 Å². The molecule has 2 N–H and O–H groups in total. The molecule has 158 valence electrons. The molecule has 1 fully saturated rings. The van der Waals surface area contributed by atoms with Crippen molar-refractivity contribution < 1.29 is 9.47 Å². The van der Waals surface area contributed by atoms with Gasteiger partial charge >= 0.3 is 0 Å². The number of nitrogens with zero attached hydrogens (tertiary/aromatic N) is 1. The first-order valence-electron chi connectivity index (χ1n) is 10.1. The van der Waals surface area contributed by atoms with E-state index in [0.717, 1.165) is 51.5 Å². The van der Waals surface area contributed by atoms with Crippen molar-refractivity contribution in [2.75, 3.05) is 26.8 Å². The van der Waals surface area contributed by atoms with Gasteiger partial charge in [0.2, 0.25) is 0 Å². The van der Waals surface area contributed by atoms with Crippen molar-refractivity contribution in [3.63, 3.8) is 0 Å². The molecule has 0 radical (unpaired) electrons. The summed E-state index contributed by atoms with van der Waals surface area (Å²) in [6, 6.07) is 19.0. The van der Waals surface area contributed by atoms with E-state index in [-0.39, 0.29) is 24.0 Å². The Kier molecular flexibility index (Phi) is 11.1. The van der Waals surface area contributed by atoms with E-state index in [0.29, 0.717) is 12.7 Å². The fraction of sp³-hybridized carbons (Fsp3) is 0.435. The van der Waals surface area contributed by atoms with Crippen LogP contribution < -0.4 is 10.6 Å². The van der Waals surface area contributed by atoms with Crippen LogP contribution in [0.25, 0.3) is 0 Å². The van der Waals surface area contributed by atoms with Crippen LogP contribution in [-0.4, -0.2) is 38.9 Å². The van der Waals surface area contributed by atoms with Crippen molar-refractivity contribution in [2.45, 2.75) is 38.5 Å². The Balaban J connectivity index is 0.00000300. The zero-order chi connectivity index (χ0) is 19.4. The van der Waals surface area contributed by atoms with Gasteiger partial charge < -0.3 is 20.1 Å². The van der Waals surface area contributed by atoms with Crippen LogP contribution >= 0.6 is 24.0 Å². The highest BCUT2D eigenvalue weighted by Gasteiger charge is 2.14. The van der Waals surface area contributed by atoms with Crippen molar-refractivity contribution >= 4 is 29.9 Å². The molecule has 0 aliphatic carbocycles. The van der Waals surface area contributed by atoms with Crippen LogP contribution in [0.2, 0.25) is 0 Å². The second-order valence-electron chi connectivity index (χ2n) is 7.03. The lowest BCUT2D eigenvalue weighted by molar-refractivity contribution is -0.0390. The Labute approximate surface area is 191 Å². The van der Waals surface area contributed by atoms with Gasteiger partial charge in [-0.3, -0.25) is 4.99 Å². The number of hydrogen-bond acceptors (Lipinski definition) is 3. The predicted molar refractivity (Wildman–Crippen MR) is 129 cm³/mol. The molecule has 0 bridgehead atoms. The van der Waals surface area contributed by atoms with E-state index in [2.05, 4.69) is 64.2 Å². The van der Waals surface area contributed by atoms with Crippen LogP contribution in [0.15, 0.2) is 59.6 Å². The molecule has 2 aromatic carbocycles. The lowest BCUT2D eigenvalue weighted by Crippen LogP contribution is -2.37. The fourth-order valence-electron chi connectivity index (χ4n) is 3.26. The second kappa shape index (κ2) is 13.6. The minimum absolute atomic E-state index is 0. The summed E-state index contributed by atoms with van der Waals surface area (Å²) in [5, 5.41) is 6.76. The Hall–Kier alpha value is -1.64. The number of rotatable bonds is 8. The Bertz CT molecular complexity index is 734. The van der Waals surface area contributed by atoms with Crippen LogP contribution in [0.4, 0.5) is 0 Å². The van der Waals surface area contributed by atoms with E-state index in [1.54, 1.807) is 7.05 Å². The van der Waals surface area contributed by atoms with Gasteiger partial charge in [0.25, 0.3) is 0 Å². The molecule has 1 saturated heterocycles. The van der Waals surface area contributed by atoms with Gasteiger partial charge in [-0.2, -0.15) is 0 Å². The van der Waals surface area contributed by atoms with Gasteiger partial charge in [-0.15, -0.1) is 24.0 Å². The third-order valence-electron chi connectivity index (χ3n) is 4.88. The summed E-state index contributed by atoms with van der Waals surface area (Å²) in [6.45, 7) is 3.86. The molecule has 29 heavy (non-hydrogen) atoms. The van der Waals surface area contributed by atoms with Crippen molar-refractivity contribution in [1.29, 1.82) is 0 Å². The van der Waals surface area contributed by atoms with Crippen molar-refractivity contribution in [2.24, 2.45) is 4.99 Å². The molecule has 3 rings (SSSR count). The van der Waals surface area contributed by atoms with E-state index < -0.39 is 0 Å². The molecule has 0 spiro atoms. The molecule has 0 saturated carbocycles. The van der Waals surface area contributed by atoms with Crippen LogP contribution in [0.3, 0.4) is 0 Å². The number of hydrogen-bond donors (Lipinski definition) is 2. The third kappa shape index (κ3) is 8.72. The van der Waals surface area contributed by atoms with Crippen LogP contribution in [0.1, 0.15) is 29.5 Å². The smallest absolute Gasteiger partial charge is 0.191 e. The molecule has 0 amide bonds. The number of ether oxygens (including phenoxy) is 2. The molecule has 6 heteroatoms. The molecule has 1 aliphatic rings. The average Bonchev–Trinajstić information content (AvgIpc) is 2.76. The summed E-state index contributed by atoms with van der Waals surface area (Å²) < 4.78 is 11.4. The molecule has 2 aromatic rings. The zero-order valence-corrected chi connectivity index (χ0v) is 19.4. The highest BCUT2D eigenvalue weighted by molar-refractivity contribution is 14.0. The molecular formula is C23H32IN3O2. The van der Waals surface area contributed by atoms with Gasteiger partial charge in [-0.1, -0.05) is 54.6 Å². The standard InChI is InChI=1S/C23H31N3O2.HI/c1-24-23(25-13-10-19-6-3-2-4-7-19)26-17-20-8-5-9-21(16-20)18-28-22-11-14-27-15-12-22;/h2-9,16,22H,10-15,17-18H2,1H3,(H2,24,25,26);1H. The van der Waals surface area contributed by atoms with Crippen molar-refractivity contribution in [3.05, 3.63) is 71.3 Å². The Morgan fingerprint density at radius 2 is 1.72 bits per heavy atom. The molecular weight excluding hydrogens is 477 g/mol. The maximum atomic E-state index is 6.03. The summed E-state index contributed by atoms with van der Waals surface area (Å²) >= 11 is 0. The predicted octanol–water partition coefficient (Wildman–Crippen LogP) is 3.91. The summed E-state index contributed by atoms with van der Waals surface area (Å²) in [6.07, 6.45) is 3.28. The van der Waals surface area contributed by atoms with Gasteiger partial charge in [0.15, 0.2) is 5.96 Å². The number of aliphatic imine (C=N–C) groups is 1. The van der Waals surface area contributed by atoms with Gasteiger partial charge in [0.05, 0.1) is 12.7 Å². The molecule has 0 unspecified atom stereocenters. The topological polar surface area (TPSA) is 54.9 Å². The molecule has 1 aliphatic heterocycles. The first-order valence-corrected chi connectivity index (χ1v) is 10.1. The highest BCUT2D eigenvalue weighted by Crippen LogP contribution is 2.14. The molecule has 0 aromatic heterocycles. The normalized spacial score (nSPS) is 14.9. The maximum absolute atomic E-state index is 6.03. The summed E-state index contributed by atoms with van der Waals surface area (Å²) in [4.78, 5) is 4.31. The van der Waals surface area contributed by atoms with Gasteiger partial charge in [0, 0.05) is 33.4 Å². The molecule has 0 atom stereocenters. The van der Waals surface area contributed by atoms with E-state index >= 15 is 0 Å². The Morgan fingerprint density at radius 3 is 2.48 bits per heavy atom. The molecule has 1 heterocycles. The largest absolute Gasteiger partial charge is 0.381 e. The van der Waals surface area contributed by atoms with Gasteiger partial charge in [-0.25, -0.2) is 0 Å². The quantitative estimate of drug-likeness (QED) is 0.322. The number of nitrogens with one attached hydrogen (secondary N) is 2. The summed E-state index contributed by atoms with van der Waals surface area (Å²) in [7, 11) is 1.80. The SMILES string of the molecule is CN=C(NCCc1ccccc1)NCc1cccc(COC2CCOCC2)c1.I. The average molecular weight is 509 g/mol. The van der Waals surface area contributed by atoms with E-state index in [4.69, 9.17) is 9.47 Å².